The largest absolute Gasteiger partial charge is 0.458 e. The van der Waals surface area contributed by atoms with E-state index in [9.17, 15) is 72.9 Å². The maximum atomic E-state index is 14.4. The lowest BCUT2D eigenvalue weighted by Gasteiger charge is -2.31. The van der Waals surface area contributed by atoms with Gasteiger partial charge in [0.1, 0.15) is 72.6 Å². The molecule has 1 unspecified atom stereocenters. The van der Waals surface area contributed by atoms with Crippen LogP contribution in [0.3, 0.4) is 0 Å². The average molecular weight is 1260 g/mol. The highest BCUT2D eigenvalue weighted by molar-refractivity contribution is 6.00. The molecular formula is C58H95N15O16. The minimum absolute atomic E-state index is 0.0185. The monoisotopic (exact) mass is 1260 g/mol. The molecule has 11 amide bonds. The number of likely N-dealkylation sites (N-methyl/N-ethyl adjacent to an activating group) is 1. The Balaban J connectivity index is 1.87. The molecule has 2 heterocycles. The number of hydrogen-bond acceptors (Lipinski definition) is 20. The summed E-state index contributed by atoms with van der Waals surface area (Å²) in [5, 5.41) is 62.5. The van der Waals surface area contributed by atoms with Crippen molar-refractivity contribution in [1.29, 1.82) is 0 Å². The normalized spacial score (nSPS) is 23.0. The topological polar surface area (TPSA) is 484 Å². The van der Waals surface area contributed by atoms with E-state index in [4.69, 9.17) is 16.2 Å². The van der Waals surface area contributed by atoms with Crippen molar-refractivity contribution >= 4 is 76.9 Å². The molecule has 89 heavy (non-hydrogen) atoms. The summed E-state index contributed by atoms with van der Waals surface area (Å²) < 4.78 is 5.72. The van der Waals surface area contributed by atoms with Crippen molar-refractivity contribution in [2.75, 3.05) is 26.8 Å². The standard InChI is InChI=1S/C58H95N15O16/c1-12-27(5)41(69-48(79)35(61-11)21-33-19-17-16-18-20-33)53(84)67-38(25-74)51(82)66-37(23-40(76)46(59)77)50(81)70-43(29(7)14-3)55(86)71-42(28(6)13-2)54(85)68-39(26-75)52(83)73-45-32(10)89-57(88)44(30(8)15-4)72-49(80)36(22-34-24-62-58(60)64-34)65-47(78)31(9)63-56(45)87/h16-20,27-32,34-45,61,74-76H,12-15,21-26H2,1-11H3,(H2,59,77)(H,63,87)(H,65,78)(H,66,82)(H,67,84)(H,68,85)(H,69,79)(H,70,81)(H,71,86)(H,72,80)(H,73,83)(H3,60,62,64)/t27-,28-,29-,30-,31-,32-,34-,35+,36-,37+,38-,39-,40?,41-,42-,43+,44-,45+/m0/s1. The number of carbonyl (C=O) groups excluding carboxylic acids is 12. The maximum absolute atomic E-state index is 14.4. The van der Waals surface area contributed by atoms with Crippen LogP contribution in [0.2, 0.25) is 0 Å². The van der Waals surface area contributed by atoms with Gasteiger partial charge < -0.3 is 95.3 Å². The minimum atomic E-state index is -2.06. The van der Waals surface area contributed by atoms with Crippen LogP contribution in [0.4, 0.5) is 0 Å². The first-order valence-electron chi connectivity index (χ1n) is 30.2. The van der Waals surface area contributed by atoms with E-state index in [1.807, 2.05) is 30.3 Å². The van der Waals surface area contributed by atoms with Crippen LogP contribution in [0.1, 0.15) is 113 Å². The summed E-state index contributed by atoms with van der Waals surface area (Å²) in [6.45, 7) is 14.0. The molecule has 19 N–H and O–H groups in total. The molecule has 18 atom stereocenters. The number of amides is 11. The molecule has 1 saturated heterocycles. The van der Waals surface area contributed by atoms with E-state index in [1.165, 1.54) is 13.8 Å². The van der Waals surface area contributed by atoms with Crippen LogP contribution in [0.15, 0.2) is 35.3 Å². The van der Waals surface area contributed by atoms with Gasteiger partial charge in [0, 0.05) is 6.42 Å². The first kappa shape index (κ1) is 75.2. The lowest BCUT2D eigenvalue weighted by Crippen LogP contribution is -2.63. The summed E-state index contributed by atoms with van der Waals surface area (Å²) in [6.07, 6.45) is -2.99. The number of hydrogen-bond donors (Lipinski definition) is 17. The van der Waals surface area contributed by atoms with Crippen LogP contribution in [0, 0.1) is 23.7 Å². The van der Waals surface area contributed by atoms with Gasteiger partial charge in [-0.15, -0.1) is 0 Å². The van der Waals surface area contributed by atoms with E-state index in [2.05, 4.69) is 68.8 Å². The van der Waals surface area contributed by atoms with Gasteiger partial charge in [0.05, 0.1) is 31.8 Å². The molecule has 0 bridgehead atoms. The zero-order chi connectivity index (χ0) is 67.0. The number of aliphatic hydroxyl groups excluding tert-OH is 3. The smallest absolute Gasteiger partial charge is 0.329 e. The number of nitrogens with two attached hydrogens (primary N) is 2. The van der Waals surface area contributed by atoms with E-state index in [0.717, 1.165) is 5.56 Å². The molecule has 1 aromatic carbocycles. The van der Waals surface area contributed by atoms with Gasteiger partial charge in [-0.3, -0.25) is 57.7 Å². The van der Waals surface area contributed by atoms with E-state index in [1.54, 1.807) is 62.4 Å². The quantitative estimate of drug-likeness (QED) is 0.0300. The molecule has 1 aromatic rings. The fraction of sp³-hybridized carbons (Fsp3) is 0.672. The van der Waals surface area contributed by atoms with E-state index < -0.39 is 199 Å². The molecule has 0 aromatic heterocycles. The van der Waals surface area contributed by atoms with Crippen molar-refractivity contribution in [3.63, 3.8) is 0 Å². The van der Waals surface area contributed by atoms with Gasteiger partial charge in [0.25, 0.3) is 0 Å². The maximum Gasteiger partial charge on any atom is 0.329 e. The zero-order valence-electron chi connectivity index (χ0n) is 52.6. The molecule has 1 fully saturated rings. The van der Waals surface area contributed by atoms with E-state index in [0.29, 0.717) is 12.8 Å². The zero-order valence-corrected chi connectivity index (χ0v) is 52.6. The summed E-state index contributed by atoms with van der Waals surface area (Å²) in [5.41, 5.74) is 12.0. The Morgan fingerprint density at radius 1 is 0.629 bits per heavy atom. The predicted octanol–water partition coefficient (Wildman–Crippen LogP) is -5.29. The molecule has 2 aliphatic rings. The number of nitrogens with zero attached hydrogens (tertiary/aromatic N) is 1. The molecule has 31 heteroatoms. The number of carbonyl (C=O) groups is 12. The number of aliphatic imine (C=N–C) groups is 1. The van der Waals surface area contributed by atoms with Gasteiger partial charge in [-0.1, -0.05) is 111 Å². The SMILES string of the molecule is CC[C@H](C)[C@H](NC(=O)[C@@H](Cc1ccccc1)NC)C(=O)N[C@@H](CO)C(=O)N[C@H](CC(O)C(N)=O)C(=O)N[C@@H](C(=O)N[C@H](C(=O)N[C@@H](CO)C(=O)N[C@H]1C(=O)N[C@@H](C)C(=O)N[C@@H](C[C@H]2CN=C(N)N2)C(=O)N[C@@H]([C@@H](C)CC)C(=O)O[C@H]1C)[C@@H](C)CC)[C@@H](C)CC. The highest BCUT2D eigenvalue weighted by Crippen LogP contribution is 2.18. The lowest BCUT2D eigenvalue weighted by atomic mass is 9.94. The number of primary amides is 1. The first-order valence-corrected chi connectivity index (χ1v) is 30.2. The second kappa shape index (κ2) is 36.5. The summed E-state index contributed by atoms with van der Waals surface area (Å²) in [5.74, 6) is -14.2. The summed E-state index contributed by atoms with van der Waals surface area (Å²) in [4.78, 5) is 170. The third kappa shape index (κ3) is 22.5. The lowest BCUT2D eigenvalue weighted by molar-refractivity contribution is -0.157. The van der Waals surface area contributed by atoms with Gasteiger partial charge in [-0.25, -0.2) is 4.79 Å². The van der Waals surface area contributed by atoms with Crippen LogP contribution in [0.5, 0.6) is 0 Å². The van der Waals surface area contributed by atoms with Crippen LogP contribution >= 0.6 is 0 Å². The fourth-order valence-electron chi connectivity index (χ4n) is 9.51. The molecular weight excluding hydrogens is 1160 g/mol. The van der Waals surface area contributed by atoms with Gasteiger partial charge in [-0.2, -0.15) is 0 Å². The summed E-state index contributed by atoms with van der Waals surface area (Å²) >= 11 is 0. The van der Waals surface area contributed by atoms with Crippen molar-refractivity contribution in [3.8, 4) is 0 Å². The Morgan fingerprint density at radius 2 is 1.11 bits per heavy atom. The number of nitrogens with one attached hydrogen (secondary N) is 12. The molecule has 498 valence electrons. The third-order valence-electron chi connectivity index (χ3n) is 16.2. The Labute approximate surface area is 518 Å². The second-order valence-electron chi connectivity index (χ2n) is 22.9. The number of esters is 1. The number of rotatable bonds is 32. The molecule has 0 aliphatic carbocycles. The van der Waals surface area contributed by atoms with Gasteiger partial charge >= 0.3 is 5.97 Å². The molecule has 3 rings (SSSR count). The van der Waals surface area contributed by atoms with Crippen LogP contribution in [-0.4, -0.2) is 204 Å². The summed E-state index contributed by atoms with van der Waals surface area (Å²) in [7, 11) is 1.58. The summed E-state index contributed by atoms with van der Waals surface area (Å²) in [6, 6.07) is -7.57. The highest BCUT2D eigenvalue weighted by Gasteiger charge is 2.42. The van der Waals surface area contributed by atoms with Crippen molar-refractivity contribution in [1.82, 2.24) is 63.8 Å². The van der Waals surface area contributed by atoms with Crippen LogP contribution in [-0.2, 0) is 68.7 Å². The second-order valence-corrected chi connectivity index (χ2v) is 22.9. The molecule has 31 nitrogen and oxygen atoms in total. The fourth-order valence-corrected chi connectivity index (χ4v) is 9.51. The van der Waals surface area contributed by atoms with Crippen molar-refractivity contribution in [2.45, 2.75) is 199 Å². The Hall–Kier alpha value is -8.03. The van der Waals surface area contributed by atoms with Gasteiger partial charge in [0.15, 0.2) is 5.96 Å². The molecule has 0 radical (unpaired) electrons. The number of cyclic esters (lactones) is 1. The van der Waals surface area contributed by atoms with Crippen molar-refractivity contribution < 1.29 is 77.6 Å². The van der Waals surface area contributed by atoms with E-state index >= 15 is 0 Å². The number of aliphatic hydroxyl groups is 3. The number of guanidine groups is 1. The Kier molecular flexibility index (Phi) is 30.8. The van der Waals surface area contributed by atoms with E-state index in [-0.39, 0.29) is 38.2 Å². The van der Waals surface area contributed by atoms with Crippen LogP contribution < -0.4 is 75.3 Å². The van der Waals surface area contributed by atoms with Gasteiger partial charge in [-0.05, 0) is 63.0 Å². The number of ether oxygens (including phenoxy) is 1. The third-order valence-corrected chi connectivity index (χ3v) is 16.2. The predicted molar refractivity (Wildman–Crippen MR) is 323 cm³/mol. The molecule has 2 aliphatic heterocycles. The molecule has 0 saturated carbocycles. The Morgan fingerprint density at radius 3 is 1.58 bits per heavy atom. The first-order chi connectivity index (χ1) is 42.0. The van der Waals surface area contributed by atoms with Crippen molar-refractivity contribution in [3.05, 3.63) is 35.9 Å². The average Bonchev–Trinajstić information content (AvgIpc) is 3.44. The van der Waals surface area contributed by atoms with Crippen LogP contribution in [0.25, 0.3) is 0 Å². The number of benzene rings is 1. The van der Waals surface area contributed by atoms with Crippen molar-refractivity contribution in [2.24, 2.45) is 40.1 Å². The Bertz CT molecular complexity index is 2650. The highest BCUT2D eigenvalue weighted by atomic mass is 16.5. The molecule has 0 spiro atoms. The van der Waals surface area contributed by atoms with Gasteiger partial charge in [0.2, 0.25) is 65.0 Å². The minimum Gasteiger partial charge on any atom is -0.458 e.